The number of allylic oxidation sites excluding steroid dienone is 18. The van der Waals surface area contributed by atoms with Gasteiger partial charge in [0.05, 0.1) is 0 Å². The Kier molecular flexibility index (Phi) is 61.3. The van der Waals surface area contributed by atoms with E-state index in [9.17, 15) is 14.4 Å². The van der Waals surface area contributed by atoms with E-state index in [-0.39, 0.29) is 31.1 Å². The molecule has 0 N–H and O–H groups in total. The molecule has 0 bridgehead atoms. The van der Waals surface area contributed by atoms with E-state index in [1.165, 1.54) is 128 Å². The number of hydrogen-bond donors (Lipinski definition) is 0. The van der Waals surface area contributed by atoms with Gasteiger partial charge >= 0.3 is 17.9 Å². The Hall–Kier alpha value is -3.93. The second-order valence-corrected chi connectivity index (χ2v) is 21.3. The van der Waals surface area contributed by atoms with Crippen LogP contribution in [0, 0.1) is 0 Å². The molecule has 0 saturated heterocycles. The molecular weight excluding hydrogens is 949 g/mol. The topological polar surface area (TPSA) is 78.9 Å². The summed E-state index contributed by atoms with van der Waals surface area (Å²) >= 11 is 0. The van der Waals surface area contributed by atoms with Crippen LogP contribution in [0.1, 0.15) is 303 Å². The summed E-state index contributed by atoms with van der Waals surface area (Å²) in [5, 5.41) is 0. The standard InChI is InChI=1S/C71H120O6/c1-4-7-10-13-16-19-22-25-28-30-32-34-35-37-38-40-43-46-49-52-55-58-61-64-70(73)76-67-68(66-75-69(72)63-60-57-54-51-48-45-42-27-24-21-18-15-12-9-6-3)77-71(74)65-62-59-56-53-50-47-44-41-39-36-33-31-29-26-23-20-17-14-11-8-5-2/h7-8,10-11,16-17,19-20,25-26,28-29,32-34,36,41,44,68H,4-6,9,12-15,18,21-24,27,30-31,35,37-40,42-43,45-67H2,1-3H3/b10-7-,11-8-,19-16-,20-17-,28-25-,29-26-,34-32-,36-33-,44-41-. The first-order valence-electron chi connectivity index (χ1n) is 32.4. The SMILES string of the molecule is CC/C=C\C/C=C\C/C=C\C/C=C\C/C=C\CCCCCCCC(=O)OC(COC(=O)CCCCCCCCCCCC/C=C\C/C=C\C/C=C\C/C=C\CC)COC(=O)CCCCCCCCCCCCCCCCC. The van der Waals surface area contributed by atoms with E-state index >= 15 is 0 Å². The highest BCUT2D eigenvalue weighted by Gasteiger charge is 2.19. The van der Waals surface area contributed by atoms with Gasteiger partial charge in [0.25, 0.3) is 0 Å². The number of unbranched alkanes of at least 4 members (excludes halogenated alkanes) is 29. The third-order valence-corrected chi connectivity index (χ3v) is 13.8. The third kappa shape index (κ3) is 62.8. The molecule has 0 fully saturated rings. The van der Waals surface area contributed by atoms with E-state index in [0.29, 0.717) is 19.3 Å². The predicted octanol–water partition coefficient (Wildman–Crippen LogP) is 22.2. The first-order chi connectivity index (χ1) is 38.0. The summed E-state index contributed by atoms with van der Waals surface area (Å²) in [6, 6.07) is 0. The van der Waals surface area contributed by atoms with Crippen LogP contribution in [0.5, 0.6) is 0 Å². The highest BCUT2D eigenvalue weighted by Crippen LogP contribution is 2.16. The molecule has 0 saturated carbocycles. The number of carbonyl (C=O) groups is 3. The van der Waals surface area contributed by atoms with E-state index in [4.69, 9.17) is 14.2 Å². The van der Waals surface area contributed by atoms with Crippen molar-refractivity contribution >= 4 is 17.9 Å². The third-order valence-electron chi connectivity index (χ3n) is 13.8. The molecule has 0 aromatic rings. The van der Waals surface area contributed by atoms with Crippen molar-refractivity contribution in [1.29, 1.82) is 0 Å². The Balaban J connectivity index is 4.40. The van der Waals surface area contributed by atoms with Crippen LogP contribution in [-0.2, 0) is 28.6 Å². The minimum Gasteiger partial charge on any atom is -0.462 e. The first-order valence-corrected chi connectivity index (χ1v) is 32.4. The lowest BCUT2D eigenvalue weighted by molar-refractivity contribution is -0.167. The van der Waals surface area contributed by atoms with Crippen molar-refractivity contribution in [3.8, 4) is 0 Å². The summed E-state index contributed by atoms with van der Waals surface area (Å²) in [6.45, 7) is 6.42. The van der Waals surface area contributed by atoms with Gasteiger partial charge in [0.1, 0.15) is 13.2 Å². The van der Waals surface area contributed by atoms with Crippen LogP contribution in [0.4, 0.5) is 0 Å². The zero-order chi connectivity index (χ0) is 55.7. The molecule has 0 heterocycles. The van der Waals surface area contributed by atoms with Crippen molar-refractivity contribution in [1.82, 2.24) is 0 Å². The molecule has 0 amide bonds. The van der Waals surface area contributed by atoms with Gasteiger partial charge in [-0.2, -0.15) is 0 Å². The van der Waals surface area contributed by atoms with Crippen molar-refractivity contribution in [2.75, 3.05) is 13.2 Å². The molecule has 77 heavy (non-hydrogen) atoms. The largest absolute Gasteiger partial charge is 0.462 e. The number of carbonyl (C=O) groups excluding carboxylic acids is 3. The second-order valence-electron chi connectivity index (χ2n) is 21.3. The summed E-state index contributed by atoms with van der Waals surface area (Å²) in [5.41, 5.74) is 0. The van der Waals surface area contributed by atoms with Crippen molar-refractivity contribution in [3.05, 3.63) is 109 Å². The number of hydrogen-bond acceptors (Lipinski definition) is 6. The lowest BCUT2D eigenvalue weighted by atomic mass is 10.0. The van der Waals surface area contributed by atoms with Crippen LogP contribution in [0.15, 0.2) is 109 Å². The lowest BCUT2D eigenvalue weighted by Gasteiger charge is -2.18. The number of esters is 3. The Morgan fingerprint density at radius 1 is 0.273 bits per heavy atom. The second kappa shape index (κ2) is 64.6. The number of rotatable bonds is 58. The molecule has 6 nitrogen and oxygen atoms in total. The zero-order valence-corrected chi connectivity index (χ0v) is 50.4. The Bertz CT molecular complexity index is 1560. The fourth-order valence-electron chi connectivity index (χ4n) is 8.99. The maximum Gasteiger partial charge on any atom is 0.306 e. The van der Waals surface area contributed by atoms with Crippen molar-refractivity contribution in [2.45, 2.75) is 309 Å². The molecule has 1 atom stereocenters. The van der Waals surface area contributed by atoms with E-state index in [1.807, 2.05) is 0 Å². The fourth-order valence-corrected chi connectivity index (χ4v) is 8.99. The smallest absolute Gasteiger partial charge is 0.306 e. The van der Waals surface area contributed by atoms with Gasteiger partial charge in [-0.15, -0.1) is 0 Å². The van der Waals surface area contributed by atoms with Gasteiger partial charge < -0.3 is 14.2 Å². The van der Waals surface area contributed by atoms with Gasteiger partial charge in [-0.25, -0.2) is 0 Å². The monoisotopic (exact) mass is 1070 g/mol. The van der Waals surface area contributed by atoms with Crippen LogP contribution >= 0.6 is 0 Å². The lowest BCUT2D eigenvalue weighted by Crippen LogP contribution is -2.30. The quantitative estimate of drug-likeness (QED) is 0.0261. The Morgan fingerprint density at radius 3 is 0.792 bits per heavy atom. The van der Waals surface area contributed by atoms with Gasteiger partial charge in [-0.1, -0.05) is 291 Å². The summed E-state index contributed by atoms with van der Waals surface area (Å²) in [6.07, 6.45) is 88.0. The van der Waals surface area contributed by atoms with Crippen molar-refractivity contribution in [2.24, 2.45) is 0 Å². The summed E-state index contributed by atoms with van der Waals surface area (Å²) < 4.78 is 16.9. The van der Waals surface area contributed by atoms with Crippen molar-refractivity contribution < 1.29 is 28.6 Å². The van der Waals surface area contributed by atoms with Crippen molar-refractivity contribution in [3.63, 3.8) is 0 Å². The minimum absolute atomic E-state index is 0.0856. The van der Waals surface area contributed by atoms with Crippen LogP contribution < -0.4 is 0 Å². The van der Waals surface area contributed by atoms with Gasteiger partial charge in [0.2, 0.25) is 0 Å². The van der Waals surface area contributed by atoms with E-state index in [2.05, 4.69) is 130 Å². The highest BCUT2D eigenvalue weighted by molar-refractivity contribution is 5.71. The molecule has 0 rings (SSSR count). The highest BCUT2D eigenvalue weighted by atomic mass is 16.6. The Morgan fingerprint density at radius 2 is 0.506 bits per heavy atom. The van der Waals surface area contributed by atoms with Gasteiger partial charge in [0, 0.05) is 19.3 Å². The maximum absolute atomic E-state index is 12.9. The molecule has 0 spiro atoms. The van der Waals surface area contributed by atoms with E-state index in [0.717, 1.165) is 135 Å². The fraction of sp³-hybridized carbons (Fsp3) is 0.704. The molecule has 0 aliphatic carbocycles. The molecule has 0 aliphatic rings. The first kappa shape index (κ1) is 73.1. The van der Waals surface area contributed by atoms with Crippen LogP contribution in [0.2, 0.25) is 0 Å². The molecule has 0 aliphatic heterocycles. The molecule has 1 unspecified atom stereocenters. The maximum atomic E-state index is 12.9. The van der Waals surface area contributed by atoms with Crippen LogP contribution in [0.3, 0.4) is 0 Å². The molecule has 0 aromatic carbocycles. The summed E-state index contributed by atoms with van der Waals surface area (Å²) in [7, 11) is 0. The van der Waals surface area contributed by atoms with Crippen LogP contribution in [-0.4, -0.2) is 37.2 Å². The zero-order valence-electron chi connectivity index (χ0n) is 50.4. The van der Waals surface area contributed by atoms with Gasteiger partial charge in [-0.3, -0.25) is 14.4 Å². The number of ether oxygens (including phenoxy) is 3. The Labute approximate surface area is 476 Å². The molecule has 440 valence electrons. The van der Waals surface area contributed by atoms with Crippen LogP contribution in [0.25, 0.3) is 0 Å². The summed E-state index contributed by atoms with van der Waals surface area (Å²) in [4.78, 5) is 38.4. The molecule has 6 heteroatoms. The van der Waals surface area contributed by atoms with E-state index in [1.54, 1.807) is 0 Å². The average Bonchev–Trinajstić information content (AvgIpc) is 3.43. The average molecular weight is 1070 g/mol. The molecule has 0 radical (unpaired) electrons. The van der Waals surface area contributed by atoms with Gasteiger partial charge in [0.15, 0.2) is 6.10 Å². The molecular formula is C71H120O6. The normalized spacial score (nSPS) is 12.8. The van der Waals surface area contributed by atoms with E-state index < -0.39 is 6.10 Å². The minimum atomic E-state index is -0.792. The predicted molar refractivity (Wildman–Crippen MR) is 334 cm³/mol. The molecule has 0 aromatic heterocycles. The van der Waals surface area contributed by atoms with Gasteiger partial charge in [-0.05, 0) is 103 Å². The summed E-state index contributed by atoms with van der Waals surface area (Å²) in [5.74, 6) is -0.899.